The van der Waals surface area contributed by atoms with E-state index in [4.69, 9.17) is 10.8 Å². The highest BCUT2D eigenvalue weighted by atomic mass is 19.1. The van der Waals surface area contributed by atoms with Crippen LogP contribution in [0.25, 0.3) is 0 Å². The van der Waals surface area contributed by atoms with Crippen molar-refractivity contribution < 1.29 is 14.3 Å². The average Bonchev–Trinajstić information content (AvgIpc) is 2.16. The maximum absolute atomic E-state index is 13.2. The molecule has 3 nitrogen and oxygen atoms in total. The summed E-state index contributed by atoms with van der Waals surface area (Å²) >= 11 is 0. The predicted octanol–water partition coefficient (Wildman–Crippen LogP) is 1.56. The van der Waals surface area contributed by atoms with Gasteiger partial charge in [0.1, 0.15) is 11.4 Å². The summed E-state index contributed by atoms with van der Waals surface area (Å²) in [5.41, 5.74) is 4.73. The van der Waals surface area contributed by atoms with Gasteiger partial charge in [-0.3, -0.25) is 4.79 Å². The summed E-state index contributed by atoms with van der Waals surface area (Å²) in [7, 11) is 0. The second-order valence-electron chi connectivity index (χ2n) is 3.81. The van der Waals surface area contributed by atoms with Gasteiger partial charge in [-0.05, 0) is 31.4 Å². The molecular weight excluding hydrogens is 197 g/mol. The minimum absolute atomic E-state index is 0.212. The van der Waals surface area contributed by atoms with Crippen LogP contribution in [0.2, 0.25) is 0 Å². The molecule has 0 aliphatic rings. The van der Waals surface area contributed by atoms with Crippen molar-refractivity contribution in [1.29, 1.82) is 0 Å². The average molecular weight is 211 g/mol. The maximum atomic E-state index is 13.2. The van der Waals surface area contributed by atoms with E-state index in [0.717, 1.165) is 0 Å². The molecule has 82 valence electrons. The van der Waals surface area contributed by atoms with E-state index < -0.39 is 11.5 Å². The van der Waals surface area contributed by atoms with Gasteiger partial charge in [-0.25, -0.2) is 4.39 Å². The molecule has 0 heterocycles. The Labute approximate surface area is 87.7 Å². The Bertz CT molecular complexity index is 363. The van der Waals surface area contributed by atoms with E-state index in [2.05, 4.69) is 0 Å². The second-order valence-corrected chi connectivity index (χ2v) is 3.81. The van der Waals surface area contributed by atoms with Gasteiger partial charge in [-0.1, -0.05) is 18.2 Å². The number of aliphatic carboxylic acids is 1. The zero-order valence-electron chi connectivity index (χ0n) is 8.53. The zero-order valence-corrected chi connectivity index (χ0v) is 8.53. The number of carboxylic acids is 1. The highest BCUT2D eigenvalue weighted by molar-refractivity contribution is 5.77. The lowest BCUT2D eigenvalue weighted by Crippen LogP contribution is -2.45. The SMILES string of the molecule is CC(N)(CCc1ccccc1F)C(=O)O. The second kappa shape index (κ2) is 4.40. The van der Waals surface area contributed by atoms with Gasteiger partial charge in [0, 0.05) is 0 Å². The number of aryl methyl sites for hydroxylation is 1. The Balaban J connectivity index is 2.66. The van der Waals surface area contributed by atoms with E-state index in [1.54, 1.807) is 18.2 Å². The predicted molar refractivity (Wildman–Crippen MR) is 54.9 cm³/mol. The van der Waals surface area contributed by atoms with E-state index in [-0.39, 0.29) is 12.2 Å². The summed E-state index contributed by atoms with van der Waals surface area (Å²) in [6.45, 7) is 1.43. The first-order valence-electron chi connectivity index (χ1n) is 4.69. The van der Waals surface area contributed by atoms with Crippen LogP contribution in [0.5, 0.6) is 0 Å². The van der Waals surface area contributed by atoms with Crippen molar-refractivity contribution in [1.82, 2.24) is 0 Å². The van der Waals surface area contributed by atoms with Crippen molar-refractivity contribution in [2.75, 3.05) is 0 Å². The summed E-state index contributed by atoms with van der Waals surface area (Å²) in [5, 5.41) is 8.77. The molecule has 4 heteroatoms. The smallest absolute Gasteiger partial charge is 0.323 e. The molecule has 1 aromatic rings. The normalized spacial score (nSPS) is 14.6. The van der Waals surface area contributed by atoms with Crippen LogP contribution in [-0.2, 0) is 11.2 Å². The fourth-order valence-electron chi connectivity index (χ4n) is 1.20. The van der Waals surface area contributed by atoms with Gasteiger partial charge in [-0.15, -0.1) is 0 Å². The maximum Gasteiger partial charge on any atom is 0.323 e. The first-order chi connectivity index (χ1) is 6.93. The molecule has 3 N–H and O–H groups in total. The van der Waals surface area contributed by atoms with Crippen LogP contribution in [0.1, 0.15) is 18.9 Å². The van der Waals surface area contributed by atoms with Gasteiger partial charge in [0.05, 0.1) is 0 Å². The standard InChI is InChI=1S/C11H14FNO2/c1-11(13,10(14)15)7-6-8-4-2-3-5-9(8)12/h2-5H,6-7,13H2,1H3,(H,14,15). The topological polar surface area (TPSA) is 63.3 Å². The van der Waals surface area contributed by atoms with Crippen LogP contribution in [0.4, 0.5) is 4.39 Å². The van der Waals surface area contributed by atoms with E-state index in [1.807, 2.05) is 0 Å². The highest BCUT2D eigenvalue weighted by Gasteiger charge is 2.27. The number of carbonyl (C=O) groups is 1. The largest absolute Gasteiger partial charge is 0.480 e. The van der Waals surface area contributed by atoms with Crippen molar-refractivity contribution >= 4 is 5.97 Å². The van der Waals surface area contributed by atoms with Gasteiger partial charge in [0.15, 0.2) is 0 Å². The minimum atomic E-state index is -1.30. The molecule has 0 spiro atoms. The molecule has 0 amide bonds. The van der Waals surface area contributed by atoms with Crippen molar-refractivity contribution in [3.05, 3.63) is 35.6 Å². The van der Waals surface area contributed by atoms with Crippen molar-refractivity contribution in [3.63, 3.8) is 0 Å². The summed E-state index contributed by atoms with van der Waals surface area (Å²) in [4.78, 5) is 10.7. The molecule has 0 aliphatic heterocycles. The fraction of sp³-hybridized carbons (Fsp3) is 0.364. The number of carboxylic acid groups (broad SMARTS) is 1. The van der Waals surface area contributed by atoms with Gasteiger partial charge < -0.3 is 10.8 Å². The van der Waals surface area contributed by atoms with Crippen LogP contribution in [-0.4, -0.2) is 16.6 Å². The molecule has 0 aliphatic carbocycles. The number of benzene rings is 1. The van der Waals surface area contributed by atoms with Crippen LogP contribution < -0.4 is 5.73 Å². The summed E-state index contributed by atoms with van der Waals surface area (Å²) in [6.07, 6.45) is 0.537. The lowest BCUT2D eigenvalue weighted by Gasteiger charge is -2.18. The molecule has 0 aromatic heterocycles. The first-order valence-corrected chi connectivity index (χ1v) is 4.69. The lowest BCUT2D eigenvalue weighted by atomic mass is 9.94. The Morgan fingerprint density at radius 2 is 2.13 bits per heavy atom. The van der Waals surface area contributed by atoms with Crippen LogP contribution in [0.3, 0.4) is 0 Å². The number of hydrogen-bond acceptors (Lipinski definition) is 2. The molecular formula is C11H14FNO2. The molecule has 0 saturated carbocycles. The fourth-order valence-corrected chi connectivity index (χ4v) is 1.20. The molecule has 1 unspecified atom stereocenters. The Morgan fingerprint density at radius 3 is 2.67 bits per heavy atom. The van der Waals surface area contributed by atoms with Gasteiger partial charge in [0.2, 0.25) is 0 Å². The Hall–Kier alpha value is -1.42. The molecule has 1 aromatic carbocycles. The van der Waals surface area contributed by atoms with Crippen LogP contribution in [0, 0.1) is 5.82 Å². The summed E-state index contributed by atoms with van der Waals surface area (Å²) < 4.78 is 13.2. The van der Waals surface area contributed by atoms with Crippen molar-refractivity contribution in [3.8, 4) is 0 Å². The molecule has 0 saturated heterocycles. The van der Waals surface area contributed by atoms with Gasteiger partial charge >= 0.3 is 5.97 Å². The monoisotopic (exact) mass is 211 g/mol. The molecule has 1 atom stereocenters. The lowest BCUT2D eigenvalue weighted by molar-refractivity contribution is -0.142. The first kappa shape index (κ1) is 11.7. The number of nitrogens with two attached hydrogens (primary N) is 1. The Kier molecular flexibility index (Phi) is 3.42. The van der Waals surface area contributed by atoms with Crippen LogP contribution in [0.15, 0.2) is 24.3 Å². The van der Waals surface area contributed by atoms with E-state index in [9.17, 15) is 9.18 Å². The number of hydrogen-bond donors (Lipinski definition) is 2. The van der Waals surface area contributed by atoms with Gasteiger partial charge in [0.25, 0.3) is 0 Å². The summed E-state index contributed by atoms with van der Waals surface area (Å²) in [6, 6.07) is 6.29. The minimum Gasteiger partial charge on any atom is -0.480 e. The molecule has 0 bridgehead atoms. The zero-order chi connectivity index (χ0) is 11.5. The number of halogens is 1. The van der Waals surface area contributed by atoms with E-state index in [1.165, 1.54) is 13.0 Å². The van der Waals surface area contributed by atoms with E-state index in [0.29, 0.717) is 12.0 Å². The van der Waals surface area contributed by atoms with Crippen molar-refractivity contribution in [2.24, 2.45) is 5.73 Å². The summed E-state index contributed by atoms with van der Waals surface area (Å²) in [5.74, 6) is -1.39. The van der Waals surface area contributed by atoms with E-state index >= 15 is 0 Å². The third kappa shape index (κ3) is 3.02. The number of rotatable bonds is 4. The molecule has 1 rings (SSSR count). The molecule has 0 radical (unpaired) electrons. The third-order valence-corrected chi connectivity index (χ3v) is 2.36. The van der Waals surface area contributed by atoms with Crippen molar-refractivity contribution in [2.45, 2.75) is 25.3 Å². The highest BCUT2D eigenvalue weighted by Crippen LogP contribution is 2.14. The van der Waals surface area contributed by atoms with Gasteiger partial charge in [-0.2, -0.15) is 0 Å². The quantitative estimate of drug-likeness (QED) is 0.794. The molecule has 0 fully saturated rings. The molecule has 15 heavy (non-hydrogen) atoms. The third-order valence-electron chi connectivity index (χ3n) is 2.36. The Morgan fingerprint density at radius 1 is 1.53 bits per heavy atom. The van der Waals surface area contributed by atoms with Crippen LogP contribution >= 0.6 is 0 Å².